The minimum atomic E-state index is -0.204. The van der Waals surface area contributed by atoms with Crippen molar-refractivity contribution < 1.29 is 4.79 Å². The molecule has 2 aromatic heterocycles. The lowest BCUT2D eigenvalue weighted by atomic mass is 10.2. The number of hydrogen-bond donors (Lipinski definition) is 2. The van der Waals surface area contributed by atoms with Crippen LogP contribution >= 0.6 is 0 Å². The molecule has 3 N–H and O–H groups in total. The normalized spacial score (nSPS) is 11.9. The quantitative estimate of drug-likeness (QED) is 0.859. The smallest absolute Gasteiger partial charge is 0.257 e. The molecule has 0 spiro atoms. The van der Waals surface area contributed by atoms with Crippen molar-refractivity contribution in [1.82, 2.24) is 9.97 Å². The van der Waals surface area contributed by atoms with Crippen LogP contribution in [0.3, 0.4) is 0 Å². The maximum absolute atomic E-state index is 11.9. The Morgan fingerprint density at radius 1 is 1.28 bits per heavy atom. The van der Waals surface area contributed by atoms with E-state index < -0.39 is 0 Å². The minimum Gasteiger partial charge on any atom is -0.323 e. The summed E-state index contributed by atoms with van der Waals surface area (Å²) in [6.45, 7) is 1.85. The molecule has 5 nitrogen and oxygen atoms in total. The second kappa shape index (κ2) is 5.37. The van der Waals surface area contributed by atoms with Crippen LogP contribution in [0.5, 0.6) is 0 Å². The van der Waals surface area contributed by atoms with Gasteiger partial charge in [-0.05, 0) is 31.2 Å². The highest BCUT2D eigenvalue weighted by Gasteiger charge is 2.07. The van der Waals surface area contributed by atoms with Crippen LogP contribution in [0.25, 0.3) is 0 Å². The first-order valence-corrected chi connectivity index (χ1v) is 5.60. The second-order valence-corrected chi connectivity index (χ2v) is 3.95. The number of carbonyl (C=O) groups excluding carboxylic acids is 1. The molecular formula is C13H14N4O. The molecule has 0 radical (unpaired) electrons. The fourth-order valence-corrected chi connectivity index (χ4v) is 1.45. The van der Waals surface area contributed by atoms with Crippen LogP contribution in [-0.4, -0.2) is 15.9 Å². The van der Waals surface area contributed by atoms with Crippen molar-refractivity contribution in [3.8, 4) is 0 Å². The zero-order chi connectivity index (χ0) is 13.0. The van der Waals surface area contributed by atoms with E-state index in [1.54, 1.807) is 36.7 Å². The van der Waals surface area contributed by atoms with Gasteiger partial charge in [-0.2, -0.15) is 0 Å². The summed E-state index contributed by atoms with van der Waals surface area (Å²) in [5, 5.41) is 2.76. The Balaban J connectivity index is 2.10. The highest BCUT2D eigenvalue weighted by Crippen LogP contribution is 2.10. The average molecular weight is 242 g/mol. The van der Waals surface area contributed by atoms with Gasteiger partial charge in [-0.3, -0.25) is 14.8 Å². The number of anilines is 1. The lowest BCUT2D eigenvalue weighted by Crippen LogP contribution is -2.13. The molecular weight excluding hydrogens is 228 g/mol. The largest absolute Gasteiger partial charge is 0.323 e. The van der Waals surface area contributed by atoms with Crippen molar-refractivity contribution in [3.63, 3.8) is 0 Å². The van der Waals surface area contributed by atoms with Gasteiger partial charge >= 0.3 is 0 Å². The van der Waals surface area contributed by atoms with E-state index in [2.05, 4.69) is 15.3 Å². The minimum absolute atomic E-state index is 0.137. The van der Waals surface area contributed by atoms with E-state index in [0.717, 1.165) is 5.69 Å². The number of amides is 1. The number of nitrogens with two attached hydrogens (primary N) is 1. The summed E-state index contributed by atoms with van der Waals surface area (Å²) in [7, 11) is 0. The molecule has 0 aliphatic carbocycles. The Kier molecular flexibility index (Phi) is 3.64. The van der Waals surface area contributed by atoms with Crippen LogP contribution in [0.2, 0.25) is 0 Å². The van der Waals surface area contributed by atoms with Crippen LogP contribution in [-0.2, 0) is 0 Å². The van der Waals surface area contributed by atoms with E-state index in [1.165, 1.54) is 6.20 Å². The average Bonchev–Trinajstić information content (AvgIpc) is 2.40. The molecule has 2 aromatic rings. The van der Waals surface area contributed by atoms with Crippen molar-refractivity contribution in [1.29, 1.82) is 0 Å². The summed E-state index contributed by atoms with van der Waals surface area (Å²) >= 11 is 0. The van der Waals surface area contributed by atoms with Gasteiger partial charge in [0.15, 0.2) is 0 Å². The van der Waals surface area contributed by atoms with Crippen LogP contribution in [0.4, 0.5) is 5.69 Å². The molecule has 2 heterocycles. The van der Waals surface area contributed by atoms with Gasteiger partial charge in [0.25, 0.3) is 5.91 Å². The van der Waals surface area contributed by atoms with Gasteiger partial charge in [0, 0.05) is 30.3 Å². The molecule has 0 aliphatic heterocycles. The van der Waals surface area contributed by atoms with Crippen molar-refractivity contribution in [2.45, 2.75) is 13.0 Å². The van der Waals surface area contributed by atoms with E-state index in [0.29, 0.717) is 11.3 Å². The zero-order valence-corrected chi connectivity index (χ0v) is 10.00. The molecule has 92 valence electrons. The maximum Gasteiger partial charge on any atom is 0.257 e. The van der Waals surface area contributed by atoms with Gasteiger partial charge in [-0.25, -0.2) is 0 Å². The van der Waals surface area contributed by atoms with Crippen molar-refractivity contribution in [2.75, 3.05) is 5.32 Å². The van der Waals surface area contributed by atoms with Crippen LogP contribution in [0, 0.1) is 0 Å². The molecule has 18 heavy (non-hydrogen) atoms. The number of aromatic nitrogens is 2. The maximum atomic E-state index is 11.9. The first-order chi connectivity index (χ1) is 8.66. The summed E-state index contributed by atoms with van der Waals surface area (Å²) in [6.07, 6.45) is 4.76. The lowest BCUT2D eigenvalue weighted by Gasteiger charge is -2.07. The number of carbonyl (C=O) groups is 1. The number of hydrogen-bond acceptors (Lipinski definition) is 4. The Hall–Kier alpha value is -2.27. The van der Waals surface area contributed by atoms with Gasteiger partial charge in [0.05, 0.1) is 11.3 Å². The monoisotopic (exact) mass is 242 g/mol. The van der Waals surface area contributed by atoms with E-state index in [-0.39, 0.29) is 11.9 Å². The Bertz CT molecular complexity index is 522. The molecule has 0 bridgehead atoms. The summed E-state index contributed by atoms with van der Waals surface area (Å²) in [5.41, 5.74) is 7.65. The number of pyridine rings is 2. The number of rotatable bonds is 3. The standard InChI is InChI=1S/C13H14N4O/c1-9(14)12-3-2-10(8-16-12)13(18)17-11-4-6-15-7-5-11/h2-9H,14H2,1H3,(H,15,17,18). The number of nitrogens with one attached hydrogen (secondary N) is 1. The molecule has 5 heteroatoms. The van der Waals surface area contributed by atoms with E-state index in [9.17, 15) is 4.79 Å². The van der Waals surface area contributed by atoms with Crippen molar-refractivity contribution >= 4 is 11.6 Å². The van der Waals surface area contributed by atoms with Crippen LogP contribution in [0.15, 0.2) is 42.9 Å². The van der Waals surface area contributed by atoms with E-state index >= 15 is 0 Å². The molecule has 1 unspecified atom stereocenters. The van der Waals surface area contributed by atoms with Gasteiger partial charge in [-0.1, -0.05) is 0 Å². The summed E-state index contributed by atoms with van der Waals surface area (Å²) in [4.78, 5) is 19.9. The number of nitrogens with zero attached hydrogens (tertiary/aromatic N) is 2. The van der Waals surface area contributed by atoms with Crippen molar-refractivity contribution in [3.05, 3.63) is 54.1 Å². The molecule has 1 atom stereocenters. The third-order valence-electron chi connectivity index (χ3n) is 2.45. The topological polar surface area (TPSA) is 80.9 Å². The highest BCUT2D eigenvalue weighted by molar-refractivity contribution is 6.03. The molecule has 0 saturated heterocycles. The molecule has 0 fully saturated rings. The second-order valence-electron chi connectivity index (χ2n) is 3.95. The Morgan fingerprint density at radius 3 is 2.56 bits per heavy atom. The Labute approximate surface area is 105 Å². The highest BCUT2D eigenvalue weighted by atomic mass is 16.1. The lowest BCUT2D eigenvalue weighted by molar-refractivity contribution is 0.102. The third kappa shape index (κ3) is 2.89. The first-order valence-electron chi connectivity index (χ1n) is 5.60. The summed E-state index contributed by atoms with van der Waals surface area (Å²) < 4.78 is 0. The van der Waals surface area contributed by atoms with Crippen LogP contribution < -0.4 is 11.1 Å². The summed E-state index contributed by atoms with van der Waals surface area (Å²) in [5.74, 6) is -0.204. The SMILES string of the molecule is CC(N)c1ccc(C(=O)Nc2ccncc2)cn1. The predicted octanol–water partition coefficient (Wildman–Crippen LogP) is 1.75. The predicted molar refractivity (Wildman–Crippen MR) is 69.0 cm³/mol. The zero-order valence-electron chi connectivity index (χ0n) is 10.00. The van der Waals surface area contributed by atoms with Crippen molar-refractivity contribution in [2.24, 2.45) is 5.73 Å². The fourth-order valence-electron chi connectivity index (χ4n) is 1.45. The molecule has 0 aromatic carbocycles. The van der Waals surface area contributed by atoms with Gasteiger partial charge in [-0.15, -0.1) is 0 Å². The van der Waals surface area contributed by atoms with E-state index in [1.807, 2.05) is 6.92 Å². The van der Waals surface area contributed by atoms with Gasteiger partial charge in [0.1, 0.15) is 0 Å². The third-order valence-corrected chi connectivity index (χ3v) is 2.45. The van der Waals surface area contributed by atoms with Gasteiger partial charge in [0.2, 0.25) is 0 Å². The Morgan fingerprint density at radius 2 is 2.00 bits per heavy atom. The summed E-state index contributed by atoms with van der Waals surface area (Å²) in [6, 6.07) is 6.78. The molecule has 2 rings (SSSR count). The molecule has 0 saturated carbocycles. The fraction of sp³-hybridized carbons (Fsp3) is 0.154. The van der Waals surface area contributed by atoms with Gasteiger partial charge < -0.3 is 11.1 Å². The molecule has 1 amide bonds. The van der Waals surface area contributed by atoms with E-state index in [4.69, 9.17) is 5.73 Å². The first kappa shape index (κ1) is 12.2. The van der Waals surface area contributed by atoms with Crippen LogP contribution in [0.1, 0.15) is 29.0 Å². The molecule has 0 aliphatic rings.